The van der Waals surface area contributed by atoms with Gasteiger partial charge in [0, 0.05) is 18.1 Å². The number of rotatable bonds is 7. The molecule has 0 aliphatic rings. The van der Waals surface area contributed by atoms with Gasteiger partial charge in [-0.2, -0.15) is 3.97 Å². The Morgan fingerprint density at radius 2 is 1.48 bits per heavy atom. The highest BCUT2D eigenvalue weighted by Crippen LogP contribution is 2.17. The van der Waals surface area contributed by atoms with Gasteiger partial charge in [-0.3, -0.25) is 9.36 Å². The third-order valence-corrected chi connectivity index (χ3v) is 5.78. The molecular weight excluding hydrogens is 398 g/mol. The van der Waals surface area contributed by atoms with Gasteiger partial charge in [-0.25, -0.2) is 13.2 Å². The fourth-order valence-corrected chi connectivity index (χ4v) is 3.82. The second kappa shape index (κ2) is 8.23. The van der Waals surface area contributed by atoms with Crippen molar-refractivity contribution in [1.82, 2.24) is 8.54 Å². The van der Waals surface area contributed by atoms with Crippen LogP contribution in [-0.2, 0) is 21.4 Å². The van der Waals surface area contributed by atoms with Crippen LogP contribution in [0.3, 0.4) is 0 Å². The number of carbonyl (C=O) groups is 1. The number of anilines is 1. The van der Waals surface area contributed by atoms with Gasteiger partial charge in [0.2, 0.25) is 5.91 Å². The highest BCUT2D eigenvalue weighted by atomic mass is 32.2. The molecule has 3 aromatic rings. The maximum absolute atomic E-state index is 12.7. The topological polar surface area (TPSA) is 109 Å². The normalized spacial score (nSPS) is 11.1. The standard InChI is InChI=1S/C19H19N3O6S/c1-27-15-5-3-14(4-6-15)20-18(23)13-21-11-12-22(19(21)24)29(25,26)17-9-7-16(28-2)8-10-17/h3-12H,13H2,1-2H3,(H,20,23). The van der Waals surface area contributed by atoms with Crippen LogP contribution in [0.5, 0.6) is 11.5 Å². The lowest BCUT2D eigenvalue weighted by molar-refractivity contribution is -0.116. The van der Waals surface area contributed by atoms with E-state index in [9.17, 15) is 18.0 Å². The Hall–Kier alpha value is -3.53. The van der Waals surface area contributed by atoms with Gasteiger partial charge in [-0.05, 0) is 48.5 Å². The van der Waals surface area contributed by atoms with E-state index in [1.165, 1.54) is 44.7 Å². The van der Waals surface area contributed by atoms with Crippen molar-refractivity contribution in [2.45, 2.75) is 11.4 Å². The van der Waals surface area contributed by atoms with Gasteiger partial charge in [0.05, 0.1) is 19.1 Å². The van der Waals surface area contributed by atoms with Gasteiger partial charge in [-0.15, -0.1) is 0 Å². The first kappa shape index (κ1) is 20.2. The Morgan fingerprint density at radius 3 is 2.03 bits per heavy atom. The molecule has 0 saturated carbocycles. The Bertz CT molecular complexity index is 1160. The molecule has 152 valence electrons. The van der Waals surface area contributed by atoms with Crippen LogP contribution in [-0.4, -0.2) is 37.1 Å². The van der Waals surface area contributed by atoms with Crippen LogP contribution in [0.4, 0.5) is 5.69 Å². The zero-order valence-electron chi connectivity index (χ0n) is 15.7. The van der Waals surface area contributed by atoms with Crippen LogP contribution >= 0.6 is 0 Å². The summed E-state index contributed by atoms with van der Waals surface area (Å²) in [6, 6.07) is 12.3. The molecular formula is C19H19N3O6S. The molecule has 9 nitrogen and oxygen atoms in total. The molecule has 0 aliphatic heterocycles. The fourth-order valence-electron chi connectivity index (χ4n) is 2.59. The lowest BCUT2D eigenvalue weighted by Crippen LogP contribution is -2.32. The maximum atomic E-state index is 12.7. The van der Waals surface area contributed by atoms with Crippen LogP contribution < -0.4 is 20.5 Å². The van der Waals surface area contributed by atoms with Gasteiger partial charge < -0.3 is 14.8 Å². The Morgan fingerprint density at radius 1 is 0.931 bits per heavy atom. The van der Waals surface area contributed by atoms with E-state index in [1.807, 2.05) is 0 Å². The largest absolute Gasteiger partial charge is 0.497 e. The lowest BCUT2D eigenvalue weighted by Gasteiger charge is -2.07. The van der Waals surface area contributed by atoms with Gasteiger partial charge in [0.25, 0.3) is 10.0 Å². The quantitative estimate of drug-likeness (QED) is 0.625. The first-order chi connectivity index (χ1) is 13.8. The summed E-state index contributed by atoms with van der Waals surface area (Å²) >= 11 is 0. The molecule has 0 saturated heterocycles. The molecule has 29 heavy (non-hydrogen) atoms. The van der Waals surface area contributed by atoms with E-state index in [0.717, 1.165) is 10.8 Å². The summed E-state index contributed by atoms with van der Waals surface area (Å²) in [5.41, 5.74) is -0.320. The van der Waals surface area contributed by atoms with Crippen molar-refractivity contribution in [3.63, 3.8) is 0 Å². The first-order valence-corrected chi connectivity index (χ1v) is 9.90. The van der Waals surface area contributed by atoms with Crippen LogP contribution in [0, 0.1) is 0 Å². The van der Waals surface area contributed by atoms with Crippen molar-refractivity contribution in [2.24, 2.45) is 0 Å². The molecule has 0 fully saturated rings. The fraction of sp³-hybridized carbons (Fsp3) is 0.158. The smallest absolute Gasteiger partial charge is 0.342 e. The second-order valence-electron chi connectivity index (χ2n) is 5.96. The SMILES string of the molecule is COc1ccc(NC(=O)Cn2ccn(S(=O)(=O)c3ccc(OC)cc3)c2=O)cc1. The van der Waals surface area contributed by atoms with Gasteiger partial charge in [0.1, 0.15) is 18.0 Å². The summed E-state index contributed by atoms with van der Waals surface area (Å²) in [6.07, 6.45) is 2.36. The van der Waals surface area contributed by atoms with E-state index >= 15 is 0 Å². The number of methoxy groups -OCH3 is 2. The zero-order chi connectivity index (χ0) is 21.0. The zero-order valence-corrected chi connectivity index (χ0v) is 16.5. The summed E-state index contributed by atoms with van der Waals surface area (Å²) in [6.45, 7) is -0.337. The molecule has 1 N–H and O–H groups in total. The Kier molecular flexibility index (Phi) is 5.74. The molecule has 2 aromatic carbocycles. The average Bonchev–Trinajstić information content (AvgIpc) is 3.09. The molecule has 0 radical (unpaired) electrons. The minimum atomic E-state index is -4.09. The summed E-state index contributed by atoms with van der Waals surface area (Å²) in [5.74, 6) is 0.654. The van der Waals surface area contributed by atoms with E-state index in [-0.39, 0.29) is 11.4 Å². The molecule has 0 aliphatic carbocycles. The molecule has 1 aromatic heterocycles. The molecule has 10 heteroatoms. The third kappa shape index (κ3) is 4.32. The third-order valence-electron chi connectivity index (χ3n) is 4.12. The monoisotopic (exact) mass is 417 g/mol. The van der Waals surface area contributed by atoms with E-state index in [1.54, 1.807) is 24.3 Å². The van der Waals surface area contributed by atoms with E-state index in [0.29, 0.717) is 21.2 Å². The highest BCUT2D eigenvalue weighted by molar-refractivity contribution is 7.90. The van der Waals surface area contributed by atoms with E-state index < -0.39 is 21.6 Å². The number of ether oxygens (including phenoxy) is 2. The van der Waals surface area contributed by atoms with Crippen molar-refractivity contribution >= 4 is 21.6 Å². The summed E-state index contributed by atoms with van der Waals surface area (Å²) in [7, 11) is -1.10. The number of nitrogens with zero attached hydrogens (tertiary/aromatic N) is 2. The highest BCUT2D eigenvalue weighted by Gasteiger charge is 2.21. The van der Waals surface area contributed by atoms with Gasteiger partial charge in [0.15, 0.2) is 0 Å². The number of hydrogen-bond donors (Lipinski definition) is 1. The van der Waals surface area contributed by atoms with Crippen LogP contribution in [0.15, 0.2) is 70.6 Å². The van der Waals surface area contributed by atoms with Crippen molar-refractivity contribution in [3.05, 3.63) is 71.4 Å². The number of carbonyl (C=O) groups excluding carboxylic acids is 1. The van der Waals surface area contributed by atoms with Crippen molar-refractivity contribution in [2.75, 3.05) is 19.5 Å². The predicted octanol–water partition coefficient (Wildman–Crippen LogP) is 1.54. The number of nitrogens with one attached hydrogen (secondary N) is 1. The number of benzene rings is 2. The summed E-state index contributed by atoms with van der Waals surface area (Å²) < 4.78 is 37.1. The molecule has 1 heterocycles. The molecule has 3 rings (SSSR count). The predicted molar refractivity (Wildman–Crippen MR) is 106 cm³/mol. The van der Waals surface area contributed by atoms with Crippen molar-refractivity contribution in [3.8, 4) is 11.5 Å². The minimum Gasteiger partial charge on any atom is -0.497 e. The molecule has 0 unspecified atom stereocenters. The second-order valence-corrected chi connectivity index (χ2v) is 7.78. The molecule has 0 spiro atoms. The van der Waals surface area contributed by atoms with Crippen LogP contribution in [0.25, 0.3) is 0 Å². The summed E-state index contributed by atoms with van der Waals surface area (Å²) in [4.78, 5) is 24.7. The Balaban J connectivity index is 1.77. The van der Waals surface area contributed by atoms with E-state index in [4.69, 9.17) is 9.47 Å². The average molecular weight is 417 g/mol. The molecule has 0 atom stereocenters. The minimum absolute atomic E-state index is 0.0687. The number of amides is 1. The first-order valence-electron chi connectivity index (χ1n) is 8.46. The summed E-state index contributed by atoms with van der Waals surface area (Å²) in [5, 5.41) is 2.63. The number of hydrogen-bond acceptors (Lipinski definition) is 6. The van der Waals surface area contributed by atoms with Crippen LogP contribution in [0.2, 0.25) is 0 Å². The Labute approximate surface area is 167 Å². The number of imidazole rings is 1. The maximum Gasteiger partial charge on any atom is 0.342 e. The van der Waals surface area contributed by atoms with E-state index in [2.05, 4.69) is 5.32 Å². The van der Waals surface area contributed by atoms with Gasteiger partial charge >= 0.3 is 5.69 Å². The van der Waals surface area contributed by atoms with Gasteiger partial charge in [-0.1, -0.05) is 0 Å². The molecule has 1 amide bonds. The van der Waals surface area contributed by atoms with Crippen molar-refractivity contribution < 1.29 is 22.7 Å². The van der Waals surface area contributed by atoms with Crippen molar-refractivity contribution in [1.29, 1.82) is 0 Å². The molecule has 0 bridgehead atoms. The lowest BCUT2D eigenvalue weighted by atomic mass is 10.3. The van der Waals surface area contributed by atoms with Crippen LogP contribution in [0.1, 0.15) is 0 Å². The number of aromatic nitrogens is 2.